The molecule has 1 N–H and O–H groups in total. The highest BCUT2D eigenvalue weighted by molar-refractivity contribution is 5.80. The van der Waals surface area contributed by atoms with Crippen molar-refractivity contribution in [1.29, 1.82) is 0 Å². The zero-order chi connectivity index (χ0) is 20.6. The highest BCUT2D eigenvalue weighted by atomic mass is 16.5. The number of morpholine rings is 1. The number of aliphatic imine (C=N–C) groups is 1. The molecule has 0 amide bonds. The van der Waals surface area contributed by atoms with Crippen LogP contribution in [-0.4, -0.2) is 86.2 Å². The number of hydrogen-bond donors (Lipinski definition) is 1. The van der Waals surface area contributed by atoms with E-state index < -0.39 is 0 Å². The number of nitrogens with zero attached hydrogens (tertiary/aromatic N) is 4. The minimum absolute atomic E-state index is 0.629. The molecule has 6 heteroatoms. The molecule has 3 heterocycles. The summed E-state index contributed by atoms with van der Waals surface area (Å²) in [4.78, 5) is 12.2. The summed E-state index contributed by atoms with van der Waals surface area (Å²) in [6.45, 7) is 10.4. The quantitative estimate of drug-likeness (QED) is 0.594. The smallest absolute Gasteiger partial charge is 0.193 e. The molecule has 1 atom stereocenters. The van der Waals surface area contributed by atoms with Gasteiger partial charge in [-0.25, -0.2) is 0 Å². The van der Waals surface area contributed by atoms with Crippen LogP contribution in [0.5, 0.6) is 0 Å². The van der Waals surface area contributed by atoms with E-state index in [4.69, 9.17) is 4.74 Å². The normalized spacial score (nSPS) is 24.8. The molecule has 3 aliphatic heterocycles. The topological polar surface area (TPSA) is 43.3 Å². The van der Waals surface area contributed by atoms with Crippen LogP contribution >= 0.6 is 0 Å². The lowest BCUT2D eigenvalue weighted by molar-refractivity contribution is 0.0195. The molecule has 6 nitrogen and oxygen atoms in total. The van der Waals surface area contributed by atoms with Gasteiger partial charge in [-0.05, 0) is 43.5 Å². The summed E-state index contributed by atoms with van der Waals surface area (Å²) in [7, 11) is 1.90. The van der Waals surface area contributed by atoms with E-state index in [0.717, 1.165) is 58.4 Å². The number of benzene rings is 1. The third kappa shape index (κ3) is 5.96. The van der Waals surface area contributed by atoms with Crippen LogP contribution in [-0.2, 0) is 17.8 Å². The van der Waals surface area contributed by atoms with Crippen LogP contribution in [0.3, 0.4) is 0 Å². The molecule has 1 aromatic carbocycles. The lowest BCUT2D eigenvalue weighted by atomic mass is 10.1. The molecule has 0 aliphatic carbocycles. The first-order valence-electron chi connectivity index (χ1n) is 11.9. The highest BCUT2D eigenvalue weighted by Gasteiger charge is 2.30. The molecule has 3 fully saturated rings. The van der Waals surface area contributed by atoms with Gasteiger partial charge in [0.1, 0.15) is 0 Å². The predicted molar refractivity (Wildman–Crippen MR) is 123 cm³/mol. The first-order chi connectivity index (χ1) is 14.8. The molecule has 1 unspecified atom stereocenters. The van der Waals surface area contributed by atoms with E-state index in [9.17, 15) is 0 Å². The number of ether oxygens (including phenoxy) is 1. The zero-order valence-electron chi connectivity index (χ0n) is 18.7. The van der Waals surface area contributed by atoms with Crippen molar-refractivity contribution in [2.24, 2.45) is 4.99 Å². The van der Waals surface area contributed by atoms with E-state index in [1.54, 1.807) is 0 Å². The zero-order valence-corrected chi connectivity index (χ0v) is 18.7. The number of guanidine groups is 1. The van der Waals surface area contributed by atoms with Gasteiger partial charge in [-0.15, -0.1) is 0 Å². The maximum atomic E-state index is 5.51. The molecule has 0 radical (unpaired) electrons. The summed E-state index contributed by atoms with van der Waals surface area (Å²) in [6.07, 6.45) is 6.69. The van der Waals surface area contributed by atoms with Gasteiger partial charge in [0.25, 0.3) is 0 Å². The van der Waals surface area contributed by atoms with Crippen molar-refractivity contribution in [2.45, 2.75) is 51.2 Å². The summed E-state index contributed by atoms with van der Waals surface area (Å²) in [5, 5.41) is 3.61. The highest BCUT2D eigenvalue weighted by Crippen LogP contribution is 2.18. The van der Waals surface area contributed by atoms with Gasteiger partial charge in [-0.1, -0.05) is 37.1 Å². The summed E-state index contributed by atoms with van der Waals surface area (Å²) >= 11 is 0. The number of hydrogen-bond acceptors (Lipinski definition) is 4. The summed E-state index contributed by atoms with van der Waals surface area (Å²) in [6, 6.07) is 9.70. The second kappa shape index (κ2) is 11.1. The van der Waals surface area contributed by atoms with Crippen LogP contribution in [0.15, 0.2) is 29.3 Å². The molecule has 4 rings (SSSR count). The maximum Gasteiger partial charge on any atom is 0.193 e. The maximum absolute atomic E-state index is 5.51. The number of nitrogens with one attached hydrogen (secondary N) is 1. The van der Waals surface area contributed by atoms with Gasteiger partial charge in [0, 0.05) is 52.4 Å². The Kier molecular flexibility index (Phi) is 8.01. The molecular weight excluding hydrogens is 374 g/mol. The Bertz CT molecular complexity index is 680. The van der Waals surface area contributed by atoms with E-state index in [1.165, 1.54) is 56.3 Å². The monoisotopic (exact) mass is 413 g/mol. The van der Waals surface area contributed by atoms with Crippen molar-refractivity contribution in [3.8, 4) is 0 Å². The van der Waals surface area contributed by atoms with Gasteiger partial charge >= 0.3 is 0 Å². The predicted octanol–water partition coefficient (Wildman–Crippen LogP) is 2.54. The molecule has 0 spiro atoms. The Morgan fingerprint density at radius 2 is 1.80 bits per heavy atom. The van der Waals surface area contributed by atoms with E-state index in [1.807, 2.05) is 7.05 Å². The van der Waals surface area contributed by atoms with Gasteiger partial charge < -0.3 is 15.0 Å². The number of rotatable bonds is 5. The summed E-state index contributed by atoms with van der Waals surface area (Å²) in [5.41, 5.74) is 2.77. The van der Waals surface area contributed by atoms with Gasteiger partial charge in [-0.3, -0.25) is 14.8 Å². The van der Waals surface area contributed by atoms with E-state index in [-0.39, 0.29) is 0 Å². The Balaban J connectivity index is 1.28. The molecule has 166 valence electrons. The van der Waals surface area contributed by atoms with Crippen LogP contribution in [0.2, 0.25) is 0 Å². The first-order valence-corrected chi connectivity index (χ1v) is 11.9. The van der Waals surface area contributed by atoms with E-state index in [0.29, 0.717) is 6.04 Å². The first kappa shape index (κ1) is 21.6. The van der Waals surface area contributed by atoms with Crippen LogP contribution in [0, 0.1) is 0 Å². The molecule has 3 saturated heterocycles. The minimum atomic E-state index is 0.629. The third-order valence-corrected chi connectivity index (χ3v) is 6.78. The van der Waals surface area contributed by atoms with E-state index >= 15 is 0 Å². The molecule has 3 aliphatic rings. The lowest BCUT2D eigenvalue weighted by Crippen LogP contribution is -2.46. The standard InChI is InChI=1S/C24H39N5O/c1-25-24(29-12-9-23(20-29)28-13-15-30-16-14-28)26-18-21-7-6-8-22(17-21)19-27-10-4-2-3-5-11-27/h6-8,17,23H,2-5,9-16,18-20H2,1H3,(H,25,26). The molecule has 0 aromatic heterocycles. The second-order valence-electron chi connectivity index (χ2n) is 8.95. The Hall–Kier alpha value is -1.63. The fourth-order valence-corrected chi connectivity index (χ4v) is 5.08. The van der Waals surface area contributed by atoms with Crippen molar-refractivity contribution < 1.29 is 4.74 Å². The fraction of sp³-hybridized carbons (Fsp3) is 0.708. The SMILES string of the molecule is CN=C(NCc1cccc(CN2CCCCCC2)c1)N1CCC(N2CCOCC2)C1. The molecule has 30 heavy (non-hydrogen) atoms. The lowest BCUT2D eigenvalue weighted by Gasteiger charge is -2.32. The third-order valence-electron chi connectivity index (χ3n) is 6.78. The Morgan fingerprint density at radius 1 is 1.03 bits per heavy atom. The number of likely N-dealkylation sites (tertiary alicyclic amines) is 2. The van der Waals surface area contributed by atoms with Crippen LogP contribution in [0.1, 0.15) is 43.2 Å². The minimum Gasteiger partial charge on any atom is -0.379 e. The molecular formula is C24H39N5O. The molecule has 0 bridgehead atoms. The van der Waals surface area contributed by atoms with Gasteiger partial charge in [-0.2, -0.15) is 0 Å². The van der Waals surface area contributed by atoms with Crippen LogP contribution in [0.25, 0.3) is 0 Å². The Morgan fingerprint density at radius 3 is 2.57 bits per heavy atom. The fourth-order valence-electron chi connectivity index (χ4n) is 5.08. The van der Waals surface area contributed by atoms with Crippen molar-refractivity contribution in [3.63, 3.8) is 0 Å². The van der Waals surface area contributed by atoms with Gasteiger partial charge in [0.2, 0.25) is 0 Å². The van der Waals surface area contributed by atoms with E-state index in [2.05, 4.69) is 49.3 Å². The largest absolute Gasteiger partial charge is 0.379 e. The van der Waals surface area contributed by atoms with Gasteiger partial charge in [0.15, 0.2) is 5.96 Å². The molecule has 1 aromatic rings. The van der Waals surface area contributed by atoms with Crippen molar-refractivity contribution in [1.82, 2.24) is 20.0 Å². The average Bonchev–Trinajstić information content (AvgIpc) is 3.13. The summed E-state index contributed by atoms with van der Waals surface area (Å²) < 4.78 is 5.51. The van der Waals surface area contributed by atoms with Crippen molar-refractivity contribution in [2.75, 3.05) is 59.5 Å². The average molecular weight is 414 g/mol. The van der Waals surface area contributed by atoms with Crippen molar-refractivity contribution in [3.05, 3.63) is 35.4 Å². The van der Waals surface area contributed by atoms with Gasteiger partial charge in [0.05, 0.1) is 13.2 Å². The van der Waals surface area contributed by atoms with Crippen molar-refractivity contribution >= 4 is 5.96 Å². The molecule has 0 saturated carbocycles. The Labute approximate surface area is 182 Å². The second-order valence-corrected chi connectivity index (χ2v) is 8.95. The van der Waals surface area contributed by atoms with Crippen LogP contribution < -0.4 is 5.32 Å². The van der Waals surface area contributed by atoms with Crippen LogP contribution in [0.4, 0.5) is 0 Å². The summed E-state index contributed by atoms with van der Waals surface area (Å²) in [5.74, 6) is 1.03.